The third-order valence-corrected chi connectivity index (χ3v) is 7.61. The van der Waals surface area contributed by atoms with Crippen LogP contribution in [-0.2, 0) is 7.05 Å². The predicted octanol–water partition coefficient (Wildman–Crippen LogP) is 3.12. The molecule has 3 aromatic rings. The molecule has 0 bridgehead atoms. The highest BCUT2D eigenvalue weighted by Gasteiger charge is 2.33. The number of hydrogen-bond acceptors (Lipinski definition) is 10. The number of aliphatic hydroxyl groups is 1. The molecule has 4 heterocycles. The lowest BCUT2D eigenvalue weighted by Gasteiger charge is -2.44. The maximum Gasteiger partial charge on any atom is 0.368 e. The minimum absolute atomic E-state index is 0.0105. The first-order valence-corrected chi connectivity index (χ1v) is 13.9. The molecule has 40 heavy (non-hydrogen) atoms. The molecule has 0 radical (unpaired) electrons. The lowest BCUT2D eigenvalue weighted by molar-refractivity contribution is 0.0283. The molecule has 5 rings (SSSR count). The van der Waals surface area contributed by atoms with Crippen molar-refractivity contribution in [3.63, 3.8) is 0 Å². The van der Waals surface area contributed by atoms with Crippen molar-refractivity contribution in [2.75, 3.05) is 36.9 Å². The quantitative estimate of drug-likeness (QED) is 0.349. The van der Waals surface area contributed by atoms with Crippen molar-refractivity contribution in [2.24, 2.45) is 13.0 Å². The van der Waals surface area contributed by atoms with Gasteiger partial charge in [-0.3, -0.25) is 0 Å². The molecule has 2 unspecified atom stereocenters. The van der Waals surface area contributed by atoms with Crippen molar-refractivity contribution in [3.8, 4) is 11.4 Å². The number of fused-ring (bicyclic) bond motifs is 1. The molecular weight excluding hydrogens is 541 g/mol. The molecule has 2 saturated heterocycles. The molecule has 0 spiro atoms. The number of halogens is 2. The number of rotatable bonds is 9. The van der Waals surface area contributed by atoms with Crippen LogP contribution in [0.25, 0.3) is 5.69 Å². The molecule has 2 aromatic heterocycles. The normalized spacial score (nSPS) is 19.8. The fourth-order valence-corrected chi connectivity index (χ4v) is 5.51. The molecule has 1 aromatic carbocycles. The largest absolute Gasteiger partial charge is 0.488 e. The second kappa shape index (κ2) is 11.7. The van der Waals surface area contributed by atoms with E-state index in [0.29, 0.717) is 22.8 Å². The van der Waals surface area contributed by atoms with Gasteiger partial charge in [0.25, 0.3) is 0 Å². The Morgan fingerprint density at radius 2 is 2.00 bits per heavy atom. The predicted molar refractivity (Wildman–Crippen MR) is 149 cm³/mol. The van der Waals surface area contributed by atoms with Gasteiger partial charge < -0.3 is 25.4 Å². The minimum atomic E-state index is -1.19. The zero-order valence-electron chi connectivity index (χ0n) is 22.9. The number of aromatic nitrogens is 6. The number of hydrogen-bond donors (Lipinski definition) is 3. The highest BCUT2D eigenvalue weighted by molar-refractivity contribution is 6.32. The van der Waals surface area contributed by atoms with Gasteiger partial charge in [0, 0.05) is 25.7 Å². The van der Waals surface area contributed by atoms with E-state index < -0.39 is 17.1 Å². The summed E-state index contributed by atoms with van der Waals surface area (Å²) < 4.78 is 22.9. The first-order chi connectivity index (χ1) is 19.1. The molecule has 216 valence electrons. The maximum absolute atomic E-state index is 15.3. The molecule has 0 saturated carbocycles. The van der Waals surface area contributed by atoms with Crippen LogP contribution in [0, 0.1) is 11.7 Å². The number of nitrogens with zero attached hydrogens (tertiary/aromatic N) is 7. The van der Waals surface area contributed by atoms with Gasteiger partial charge in [-0.1, -0.05) is 18.0 Å². The average Bonchev–Trinajstić information content (AvgIpc) is 3.26. The van der Waals surface area contributed by atoms with E-state index in [1.807, 2.05) is 0 Å². The summed E-state index contributed by atoms with van der Waals surface area (Å²) in [5, 5.41) is 24.3. The fraction of sp³-hybridized carbons (Fsp3) is 0.577. The Balaban J connectivity index is 1.37. The van der Waals surface area contributed by atoms with E-state index in [-0.39, 0.29) is 29.7 Å². The van der Waals surface area contributed by atoms with Gasteiger partial charge in [0.15, 0.2) is 11.6 Å². The molecule has 0 amide bonds. The molecular formula is C26H35ClFN9O3. The molecule has 12 nitrogen and oxygen atoms in total. The Bertz CT molecular complexity index is 1410. The summed E-state index contributed by atoms with van der Waals surface area (Å²) >= 11 is 6.41. The van der Waals surface area contributed by atoms with E-state index in [1.165, 1.54) is 58.1 Å². The fourth-order valence-electron chi connectivity index (χ4n) is 5.35. The number of nitrogens with one attached hydrogen (secondary N) is 2. The van der Waals surface area contributed by atoms with E-state index in [9.17, 15) is 9.90 Å². The van der Waals surface area contributed by atoms with Crippen LogP contribution < -0.4 is 21.1 Å². The molecule has 2 aliphatic rings. The summed E-state index contributed by atoms with van der Waals surface area (Å²) in [5.41, 5.74) is -1.63. The molecule has 2 aliphatic heterocycles. The number of anilines is 3. The number of aryl methyl sites for hydroxylation is 1. The average molecular weight is 576 g/mol. The van der Waals surface area contributed by atoms with Gasteiger partial charge in [-0.2, -0.15) is 14.3 Å². The molecule has 3 N–H and O–H groups in total. The number of tetrazole rings is 1. The van der Waals surface area contributed by atoms with Gasteiger partial charge >= 0.3 is 5.69 Å². The first kappa shape index (κ1) is 28.2. The third kappa shape index (κ3) is 6.37. The zero-order chi connectivity index (χ0) is 28.4. The van der Waals surface area contributed by atoms with Crippen molar-refractivity contribution in [1.29, 1.82) is 0 Å². The Kier molecular flexibility index (Phi) is 8.24. The SMILES string of the molecule is Cn1nnn(-c2cc(Nc3ncc(Cl)c(NCC4CCCN5CCCCC45)n3)c(F)cc2OCC(C)(C)O)c1=O. The van der Waals surface area contributed by atoms with E-state index in [2.05, 4.69) is 35.9 Å². The topological polar surface area (TPSA) is 135 Å². The summed E-state index contributed by atoms with van der Waals surface area (Å²) in [7, 11) is 1.45. The van der Waals surface area contributed by atoms with Crippen molar-refractivity contribution < 1.29 is 14.2 Å². The second-order valence-electron chi connectivity index (χ2n) is 11.1. The number of piperidine rings is 2. The van der Waals surface area contributed by atoms with E-state index in [0.717, 1.165) is 28.4 Å². The van der Waals surface area contributed by atoms with Crippen molar-refractivity contribution in [2.45, 2.75) is 57.6 Å². The Labute approximate surface area is 236 Å². The van der Waals surface area contributed by atoms with Gasteiger partial charge in [-0.05, 0) is 75.0 Å². The van der Waals surface area contributed by atoms with Crippen LogP contribution >= 0.6 is 11.6 Å². The third-order valence-electron chi connectivity index (χ3n) is 7.33. The maximum atomic E-state index is 15.3. The number of benzene rings is 1. The van der Waals surface area contributed by atoms with Gasteiger partial charge in [-0.15, -0.1) is 0 Å². The summed E-state index contributed by atoms with van der Waals surface area (Å²) in [6.45, 7) is 6.03. The molecule has 14 heteroatoms. The Hall–Kier alpha value is -3.29. The van der Waals surface area contributed by atoms with Crippen LogP contribution in [0.15, 0.2) is 23.1 Å². The summed E-state index contributed by atoms with van der Waals surface area (Å²) in [6, 6.07) is 3.04. The van der Waals surface area contributed by atoms with Crippen LogP contribution in [0.3, 0.4) is 0 Å². The highest BCUT2D eigenvalue weighted by atomic mass is 35.5. The Morgan fingerprint density at radius 1 is 1.20 bits per heavy atom. The lowest BCUT2D eigenvalue weighted by Crippen LogP contribution is -2.49. The Morgan fingerprint density at radius 3 is 2.75 bits per heavy atom. The zero-order valence-corrected chi connectivity index (χ0v) is 23.7. The monoisotopic (exact) mass is 575 g/mol. The first-order valence-electron chi connectivity index (χ1n) is 13.5. The minimum Gasteiger partial charge on any atom is -0.488 e. The summed E-state index contributed by atoms with van der Waals surface area (Å²) in [6.07, 6.45) is 7.52. The van der Waals surface area contributed by atoms with Crippen LogP contribution in [-0.4, -0.2) is 77.6 Å². The van der Waals surface area contributed by atoms with Crippen LogP contribution in [0.4, 0.5) is 21.8 Å². The van der Waals surface area contributed by atoms with Crippen molar-refractivity contribution in [1.82, 2.24) is 34.7 Å². The number of ether oxygens (including phenoxy) is 1. The van der Waals surface area contributed by atoms with E-state index in [1.54, 1.807) is 13.8 Å². The van der Waals surface area contributed by atoms with Gasteiger partial charge in [-0.25, -0.2) is 14.2 Å². The summed E-state index contributed by atoms with van der Waals surface area (Å²) in [5.74, 6) is 0.410. The van der Waals surface area contributed by atoms with E-state index in [4.69, 9.17) is 16.3 Å². The van der Waals surface area contributed by atoms with Crippen LogP contribution in [0.2, 0.25) is 5.02 Å². The van der Waals surface area contributed by atoms with Crippen molar-refractivity contribution >= 4 is 29.1 Å². The molecule has 2 atom stereocenters. The van der Waals surface area contributed by atoms with Crippen molar-refractivity contribution in [3.05, 3.63) is 39.7 Å². The standard InChI is InChI=1S/C26H35ClFN9O3/c1-26(2,39)15-40-22-11-18(28)19(12-21(22)37-25(38)35(3)33-34-37)31-24-30-14-17(27)23(32-24)29-13-16-7-6-10-36-9-5-4-8-20(16)36/h11-12,14,16,20,39H,4-10,13,15H2,1-3H3,(H2,29,30,31,32). The second-order valence-corrected chi connectivity index (χ2v) is 11.5. The van der Waals surface area contributed by atoms with Gasteiger partial charge in [0.05, 0.1) is 17.5 Å². The van der Waals surface area contributed by atoms with Gasteiger partial charge in [0.2, 0.25) is 5.95 Å². The highest BCUT2D eigenvalue weighted by Crippen LogP contribution is 2.33. The lowest BCUT2D eigenvalue weighted by atomic mass is 9.83. The molecule has 0 aliphatic carbocycles. The molecule has 2 fully saturated rings. The smallest absolute Gasteiger partial charge is 0.368 e. The summed E-state index contributed by atoms with van der Waals surface area (Å²) in [4.78, 5) is 23.9. The van der Waals surface area contributed by atoms with Gasteiger partial charge in [0.1, 0.15) is 23.1 Å². The van der Waals surface area contributed by atoms with Crippen LogP contribution in [0.5, 0.6) is 5.75 Å². The van der Waals surface area contributed by atoms with E-state index >= 15 is 4.39 Å². The van der Waals surface area contributed by atoms with Crippen LogP contribution in [0.1, 0.15) is 46.0 Å².